The molecule has 6 atom stereocenters. The van der Waals surface area contributed by atoms with E-state index in [4.69, 9.17) is 14.2 Å². The SMILES string of the molecule is CC1=C2CC34OC3(C)CC3OC34C(C)CC2(O)OC1=O. The lowest BCUT2D eigenvalue weighted by atomic mass is 9.78. The maximum Gasteiger partial charge on any atom is 0.336 e. The molecule has 2 saturated carbocycles. The highest BCUT2D eigenvalue weighted by atomic mass is 16.7. The Bertz CT molecular complexity index is 611. The Morgan fingerprint density at radius 1 is 1.35 bits per heavy atom. The van der Waals surface area contributed by atoms with Crippen LogP contribution in [0.4, 0.5) is 0 Å². The van der Waals surface area contributed by atoms with E-state index in [1.165, 1.54) is 0 Å². The van der Waals surface area contributed by atoms with Crippen molar-refractivity contribution in [3.63, 3.8) is 0 Å². The number of fused-ring (bicyclic) bond motifs is 1. The highest BCUT2D eigenvalue weighted by Gasteiger charge is 2.93. The average Bonchev–Trinajstić information content (AvgIpc) is 3.17. The molecule has 5 aliphatic rings. The first-order valence-electron chi connectivity index (χ1n) is 7.32. The summed E-state index contributed by atoms with van der Waals surface area (Å²) in [4.78, 5) is 11.8. The van der Waals surface area contributed by atoms with Gasteiger partial charge in [-0.2, -0.15) is 0 Å². The summed E-state index contributed by atoms with van der Waals surface area (Å²) in [5, 5.41) is 10.8. The Kier molecular flexibility index (Phi) is 1.59. The lowest BCUT2D eigenvalue weighted by Crippen LogP contribution is -2.40. The van der Waals surface area contributed by atoms with Gasteiger partial charge in [-0.05, 0) is 19.8 Å². The van der Waals surface area contributed by atoms with Crippen LogP contribution in [0.1, 0.15) is 40.0 Å². The van der Waals surface area contributed by atoms with E-state index in [0.717, 1.165) is 6.42 Å². The number of esters is 1. The molecule has 0 aromatic rings. The molecule has 3 aliphatic heterocycles. The number of ether oxygens (including phenoxy) is 3. The molecule has 3 heterocycles. The minimum absolute atomic E-state index is 0.0954. The van der Waals surface area contributed by atoms with E-state index in [2.05, 4.69) is 13.8 Å². The summed E-state index contributed by atoms with van der Waals surface area (Å²) >= 11 is 0. The van der Waals surface area contributed by atoms with Crippen LogP contribution >= 0.6 is 0 Å². The van der Waals surface area contributed by atoms with Crippen molar-refractivity contribution in [3.05, 3.63) is 11.1 Å². The van der Waals surface area contributed by atoms with Gasteiger partial charge in [-0.25, -0.2) is 4.79 Å². The van der Waals surface area contributed by atoms with Crippen LogP contribution in [0.5, 0.6) is 0 Å². The van der Waals surface area contributed by atoms with Crippen molar-refractivity contribution in [2.24, 2.45) is 5.92 Å². The van der Waals surface area contributed by atoms with Crippen LogP contribution in [0.15, 0.2) is 11.1 Å². The summed E-state index contributed by atoms with van der Waals surface area (Å²) in [5.41, 5.74) is 0.397. The van der Waals surface area contributed by atoms with Gasteiger partial charge in [0.15, 0.2) is 0 Å². The largest absolute Gasteiger partial charge is 0.426 e. The maximum atomic E-state index is 11.8. The van der Waals surface area contributed by atoms with E-state index < -0.39 is 11.8 Å². The number of rotatable bonds is 0. The van der Waals surface area contributed by atoms with E-state index in [1.807, 2.05) is 0 Å². The van der Waals surface area contributed by atoms with Crippen LogP contribution < -0.4 is 0 Å². The van der Waals surface area contributed by atoms with Crippen LogP contribution in [0.2, 0.25) is 0 Å². The molecule has 5 nitrogen and oxygen atoms in total. The highest BCUT2D eigenvalue weighted by Crippen LogP contribution is 2.79. The fourth-order valence-corrected chi connectivity index (χ4v) is 5.31. The van der Waals surface area contributed by atoms with E-state index >= 15 is 0 Å². The topological polar surface area (TPSA) is 71.6 Å². The molecule has 0 bridgehead atoms. The van der Waals surface area contributed by atoms with Crippen LogP contribution in [0, 0.1) is 5.92 Å². The van der Waals surface area contributed by atoms with Gasteiger partial charge in [0, 0.05) is 30.4 Å². The Balaban J connectivity index is 1.70. The third-order valence-corrected chi connectivity index (χ3v) is 6.41. The highest BCUT2D eigenvalue weighted by molar-refractivity contribution is 5.92. The van der Waals surface area contributed by atoms with E-state index in [-0.39, 0.29) is 28.8 Å². The van der Waals surface area contributed by atoms with Gasteiger partial charge in [-0.3, -0.25) is 0 Å². The van der Waals surface area contributed by atoms with Crippen molar-refractivity contribution in [2.75, 3.05) is 0 Å². The summed E-state index contributed by atoms with van der Waals surface area (Å²) in [5.74, 6) is -1.77. The molecule has 1 N–H and O–H groups in total. The van der Waals surface area contributed by atoms with Gasteiger partial charge in [0.25, 0.3) is 0 Å². The number of carbonyl (C=O) groups excluding carboxylic acids is 1. The first kappa shape index (κ1) is 11.7. The Hall–Kier alpha value is -0.910. The summed E-state index contributed by atoms with van der Waals surface area (Å²) in [6, 6.07) is 0. The molecular formula is C15H18O5. The molecule has 4 fully saturated rings. The normalized spacial score (nSPS) is 62.1. The van der Waals surface area contributed by atoms with Gasteiger partial charge in [-0.1, -0.05) is 6.92 Å². The lowest BCUT2D eigenvalue weighted by molar-refractivity contribution is -0.186. The van der Waals surface area contributed by atoms with Crippen molar-refractivity contribution >= 4 is 5.97 Å². The van der Waals surface area contributed by atoms with Crippen molar-refractivity contribution in [1.29, 1.82) is 0 Å². The van der Waals surface area contributed by atoms with E-state index in [0.29, 0.717) is 24.0 Å². The van der Waals surface area contributed by atoms with Crippen LogP contribution in [0.3, 0.4) is 0 Å². The van der Waals surface area contributed by atoms with Crippen molar-refractivity contribution in [3.8, 4) is 0 Å². The molecule has 20 heavy (non-hydrogen) atoms. The zero-order valence-electron chi connectivity index (χ0n) is 11.9. The van der Waals surface area contributed by atoms with Crippen LogP contribution in [-0.2, 0) is 19.0 Å². The summed E-state index contributed by atoms with van der Waals surface area (Å²) < 4.78 is 17.4. The Morgan fingerprint density at radius 3 is 2.85 bits per heavy atom. The Labute approximate surface area is 116 Å². The predicted molar refractivity (Wildman–Crippen MR) is 66.6 cm³/mol. The zero-order valence-corrected chi connectivity index (χ0v) is 11.9. The van der Waals surface area contributed by atoms with E-state index in [1.54, 1.807) is 6.92 Å². The standard InChI is InChI=1S/C15H18O5/c1-7-4-13(17)9(8(2)11(16)19-13)5-14-12(3,20-14)6-10-15(7,14)18-10/h7,10,17H,4-6H2,1-3H3. The van der Waals surface area contributed by atoms with Crippen molar-refractivity contribution in [2.45, 2.75) is 68.7 Å². The van der Waals surface area contributed by atoms with Gasteiger partial charge in [-0.15, -0.1) is 0 Å². The fraction of sp³-hybridized carbons (Fsp3) is 0.800. The minimum atomic E-state index is -1.46. The lowest BCUT2D eigenvalue weighted by Gasteiger charge is -2.26. The van der Waals surface area contributed by atoms with Gasteiger partial charge < -0.3 is 19.3 Å². The summed E-state index contributed by atoms with van der Waals surface area (Å²) in [6.45, 7) is 5.92. The van der Waals surface area contributed by atoms with Crippen molar-refractivity contribution in [1.82, 2.24) is 0 Å². The molecule has 0 aromatic heterocycles. The van der Waals surface area contributed by atoms with Crippen LogP contribution in [-0.4, -0.2) is 39.8 Å². The second-order valence-corrected chi connectivity index (χ2v) is 7.32. The van der Waals surface area contributed by atoms with Crippen LogP contribution in [0.25, 0.3) is 0 Å². The van der Waals surface area contributed by atoms with Gasteiger partial charge in [0.2, 0.25) is 5.79 Å². The molecule has 2 spiro atoms. The second kappa shape index (κ2) is 2.72. The minimum Gasteiger partial charge on any atom is -0.426 e. The molecular weight excluding hydrogens is 260 g/mol. The Morgan fingerprint density at radius 2 is 2.10 bits per heavy atom. The molecule has 5 heteroatoms. The molecule has 108 valence electrons. The quantitative estimate of drug-likeness (QED) is 0.529. The molecule has 2 aliphatic carbocycles. The third kappa shape index (κ3) is 0.901. The number of hydrogen-bond acceptors (Lipinski definition) is 5. The van der Waals surface area contributed by atoms with Gasteiger partial charge in [0.05, 0.1) is 6.10 Å². The monoisotopic (exact) mass is 278 g/mol. The predicted octanol–water partition coefficient (Wildman–Crippen LogP) is 1.05. The first-order valence-corrected chi connectivity index (χ1v) is 7.32. The number of carbonyl (C=O) groups is 1. The molecule has 5 rings (SSSR count). The zero-order chi connectivity index (χ0) is 14.1. The number of aliphatic hydroxyl groups is 1. The third-order valence-electron chi connectivity index (χ3n) is 6.41. The van der Waals surface area contributed by atoms with Crippen molar-refractivity contribution < 1.29 is 24.1 Å². The fourth-order valence-electron chi connectivity index (χ4n) is 5.31. The molecule has 0 aromatic carbocycles. The molecule has 6 unspecified atom stereocenters. The first-order chi connectivity index (χ1) is 9.28. The smallest absolute Gasteiger partial charge is 0.336 e. The summed E-state index contributed by atoms with van der Waals surface area (Å²) in [7, 11) is 0. The second-order valence-electron chi connectivity index (χ2n) is 7.32. The molecule has 0 amide bonds. The molecule has 2 saturated heterocycles. The average molecular weight is 278 g/mol. The maximum absolute atomic E-state index is 11.8. The van der Waals surface area contributed by atoms with Gasteiger partial charge in [0.1, 0.15) is 16.8 Å². The number of epoxide rings is 2. The number of hydrogen-bond donors (Lipinski definition) is 1. The summed E-state index contributed by atoms with van der Waals surface area (Å²) in [6.07, 6.45) is 2.08. The molecule has 0 radical (unpaired) electrons. The van der Waals surface area contributed by atoms with E-state index in [9.17, 15) is 9.90 Å². The van der Waals surface area contributed by atoms with Gasteiger partial charge >= 0.3 is 5.97 Å².